The third kappa shape index (κ3) is 3.48. The number of fused-ring (bicyclic) bond motifs is 2. The van der Waals surface area contributed by atoms with Gasteiger partial charge in [0.15, 0.2) is 5.96 Å². The van der Waals surface area contributed by atoms with Crippen LogP contribution in [0.4, 0.5) is 0 Å². The van der Waals surface area contributed by atoms with Crippen LogP contribution < -0.4 is 10.5 Å². The first-order valence-electron chi connectivity index (χ1n) is 11.0. The summed E-state index contributed by atoms with van der Waals surface area (Å²) in [6.07, 6.45) is 4.35. The molecule has 0 amide bonds. The Balaban J connectivity index is 1.59. The lowest BCUT2D eigenvalue weighted by Gasteiger charge is -2.50. The first kappa shape index (κ1) is 20.3. The smallest absolute Gasteiger partial charge is 0.193 e. The fourth-order valence-electron chi connectivity index (χ4n) is 5.41. The van der Waals surface area contributed by atoms with E-state index in [1.54, 1.807) is 7.11 Å². The van der Waals surface area contributed by atoms with Gasteiger partial charge in [-0.1, -0.05) is 30.3 Å². The zero-order valence-corrected chi connectivity index (χ0v) is 18.4. The van der Waals surface area contributed by atoms with Gasteiger partial charge in [0.25, 0.3) is 0 Å². The topological polar surface area (TPSA) is 69.3 Å². The molecule has 0 saturated heterocycles. The van der Waals surface area contributed by atoms with Gasteiger partial charge in [0.2, 0.25) is 0 Å². The second-order valence-electron chi connectivity index (χ2n) is 9.04. The van der Waals surface area contributed by atoms with Crippen LogP contribution in [-0.2, 0) is 35.2 Å². The van der Waals surface area contributed by atoms with Crippen molar-refractivity contribution >= 4 is 5.96 Å². The number of methoxy groups -OCH3 is 1. The number of aryl methyl sites for hydroxylation is 1. The molecule has 0 spiro atoms. The first-order valence-corrected chi connectivity index (χ1v) is 11.0. The Labute approximate surface area is 184 Å². The molecule has 0 fully saturated rings. The number of benzene rings is 2. The molecule has 2 aromatic carbocycles. The molecule has 2 N–H and O–H groups in total. The van der Waals surface area contributed by atoms with Crippen LogP contribution in [0.5, 0.6) is 5.75 Å². The number of guanidine groups is 1. The van der Waals surface area contributed by atoms with Crippen molar-refractivity contribution in [2.24, 2.45) is 10.7 Å². The van der Waals surface area contributed by atoms with Crippen molar-refractivity contribution in [3.63, 3.8) is 0 Å². The maximum atomic E-state index is 6.77. The molecule has 3 aliphatic rings. The fraction of sp³-hybridized carbons (Fsp3) is 0.480. The molecule has 6 nitrogen and oxygen atoms in total. The van der Waals surface area contributed by atoms with Gasteiger partial charge in [-0.2, -0.15) is 0 Å². The van der Waals surface area contributed by atoms with E-state index in [9.17, 15) is 0 Å². The van der Waals surface area contributed by atoms with Crippen molar-refractivity contribution in [2.75, 3.05) is 34.1 Å². The monoisotopic (exact) mass is 421 g/mol. The predicted octanol–water partition coefficient (Wildman–Crippen LogP) is 2.71. The molecule has 2 aromatic rings. The van der Waals surface area contributed by atoms with Gasteiger partial charge in [0.05, 0.1) is 12.1 Å². The molecule has 2 aliphatic carbocycles. The van der Waals surface area contributed by atoms with E-state index in [1.165, 1.54) is 22.3 Å². The Hall–Kier alpha value is -2.57. The first-order chi connectivity index (χ1) is 15.0. The van der Waals surface area contributed by atoms with E-state index in [0.29, 0.717) is 25.9 Å². The fourth-order valence-corrected chi connectivity index (χ4v) is 5.41. The average Bonchev–Trinajstić information content (AvgIpc) is 2.96. The summed E-state index contributed by atoms with van der Waals surface area (Å²) in [6, 6.07) is 15.2. The summed E-state index contributed by atoms with van der Waals surface area (Å²) in [7, 11) is 3.64. The number of nitrogens with two attached hydrogens (primary N) is 1. The highest BCUT2D eigenvalue weighted by molar-refractivity contribution is 5.78. The zero-order valence-electron chi connectivity index (χ0n) is 18.4. The third-order valence-electron chi connectivity index (χ3n) is 7.20. The van der Waals surface area contributed by atoms with Gasteiger partial charge in [-0.15, -0.1) is 0 Å². The molecule has 164 valence electrons. The van der Waals surface area contributed by atoms with E-state index in [1.807, 2.05) is 11.9 Å². The molecule has 0 radical (unpaired) electrons. The van der Waals surface area contributed by atoms with E-state index in [2.05, 4.69) is 42.5 Å². The molecule has 31 heavy (non-hydrogen) atoms. The van der Waals surface area contributed by atoms with Gasteiger partial charge in [0.1, 0.15) is 24.7 Å². The van der Waals surface area contributed by atoms with Gasteiger partial charge >= 0.3 is 0 Å². The zero-order chi connectivity index (χ0) is 21.5. The van der Waals surface area contributed by atoms with E-state index < -0.39 is 5.60 Å². The van der Waals surface area contributed by atoms with Crippen molar-refractivity contribution in [3.05, 3.63) is 64.7 Å². The molecule has 2 atom stereocenters. The van der Waals surface area contributed by atoms with E-state index in [-0.39, 0.29) is 5.54 Å². The van der Waals surface area contributed by atoms with Gasteiger partial charge in [-0.3, -0.25) is 0 Å². The maximum Gasteiger partial charge on any atom is 0.193 e. The molecule has 0 saturated carbocycles. The lowest BCUT2D eigenvalue weighted by Crippen LogP contribution is -2.60. The molecule has 1 heterocycles. The predicted molar refractivity (Wildman–Crippen MR) is 120 cm³/mol. The summed E-state index contributed by atoms with van der Waals surface area (Å²) < 4.78 is 17.8. The Bertz CT molecular complexity index is 1010. The largest absolute Gasteiger partial charge is 0.491 e. The number of hydrogen-bond acceptors (Lipinski definition) is 6. The van der Waals surface area contributed by atoms with Gasteiger partial charge in [-0.05, 0) is 47.2 Å². The SMILES string of the molecule is COCCOc1ccc2c(c1)CC13Cc4ccccc4CCC1(C2)N=C(N)N(C)CO3. The molecule has 0 aromatic heterocycles. The van der Waals surface area contributed by atoms with E-state index in [4.69, 9.17) is 24.9 Å². The highest BCUT2D eigenvalue weighted by Crippen LogP contribution is 2.50. The Morgan fingerprint density at radius 2 is 1.81 bits per heavy atom. The summed E-state index contributed by atoms with van der Waals surface area (Å²) in [5.41, 5.74) is 10.9. The van der Waals surface area contributed by atoms with Crippen molar-refractivity contribution < 1.29 is 14.2 Å². The van der Waals surface area contributed by atoms with Gasteiger partial charge in [0, 0.05) is 33.4 Å². The maximum absolute atomic E-state index is 6.77. The van der Waals surface area contributed by atoms with Crippen LogP contribution in [0.15, 0.2) is 47.5 Å². The molecular formula is C25H31N3O3. The quantitative estimate of drug-likeness (QED) is 0.769. The number of aliphatic imine (C=N–C) groups is 1. The van der Waals surface area contributed by atoms with E-state index >= 15 is 0 Å². The average molecular weight is 422 g/mol. The van der Waals surface area contributed by atoms with Crippen LogP contribution in [-0.4, -0.2) is 56.1 Å². The van der Waals surface area contributed by atoms with Crippen molar-refractivity contribution in [1.29, 1.82) is 0 Å². The van der Waals surface area contributed by atoms with Gasteiger partial charge < -0.3 is 24.8 Å². The van der Waals surface area contributed by atoms with Gasteiger partial charge in [-0.25, -0.2) is 4.99 Å². The summed E-state index contributed by atoms with van der Waals surface area (Å²) in [5, 5.41) is 0. The highest BCUT2D eigenvalue weighted by Gasteiger charge is 2.57. The van der Waals surface area contributed by atoms with Crippen LogP contribution in [0.3, 0.4) is 0 Å². The Morgan fingerprint density at radius 1 is 1.03 bits per heavy atom. The van der Waals surface area contributed by atoms with Crippen LogP contribution in [0.2, 0.25) is 0 Å². The minimum Gasteiger partial charge on any atom is -0.491 e. The Kier molecular flexibility index (Phi) is 5.15. The van der Waals surface area contributed by atoms with Crippen molar-refractivity contribution in [2.45, 2.75) is 43.2 Å². The number of rotatable bonds is 4. The third-order valence-corrected chi connectivity index (χ3v) is 7.20. The summed E-state index contributed by atoms with van der Waals surface area (Å²) in [6.45, 7) is 1.56. The lowest BCUT2D eigenvalue weighted by molar-refractivity contribution is -0.117. The molecule has 2 unspecified atom stereocenters. The minimum absolute atomic E-state index is 0.383. The molecule has 6 heteroatoms. The van der Waals surface area contributed by atoms with Crippen LogP contribution >= 0.6 is 0 Å². The minimum atomic E-state index is -0.437. The summed E-state index contributed by atoms with van der Waals surface area (Å²) in [5.74, 6) is 1.44. The molecule has 1 aliphatic heterocycles. The van der Waals surface area contributed by atoms with E-state index in [0.717, 1.165) is 37.9 Å². The normalized spacial score (nSPS) is 27.0. The second kappa shape index (κ2) is 7.84. The van der Waals surface area contributed by atoms with Crippen LogP contribution in [0.1, 0.15) is 28.7 Å². The molecule has 0 bridgehead atoms. The van der Waals surface area contributed by atoms with Crippen LogP contribution in [0.25, 0.3) is 0 Å². The van der Waals surface area contributed by atoms with Crippen molar-refractivity contribution in [1.82, 2.24) is 4.90 Å². The lowest BCUT2D eigenvalue weighted by atomic mass is 9.64. The summed E-state index contributed by atoms with van der Waals surface area (Å²) in [4.78, 5) is 7.11. The van der Waals surface area contributed by atoms with Crippen LogP contribution in [0, 0.1) is 0 Å². The summed E-state index contributed by atoms with van der Waals surface area (Å²) >= 11 is 0. The standard InChI is InChI=1S/C25H31N3O3/c1-28-17-31-25-15-19-6-4-3-5-18(19)9-10-24(25,27-23(28)26)14-20-7-8-22(13-21(20)16-25)30-12-11-29-2/h3-8,13H,9-12,14-17H2,1-2H3,(H2,26,27). The second-order valence-corrected chi connectivity index (χ2v) is 9.04. The molecule has 5 rings (SSSR count). The number of nitrogens with zero attached hydrogens (tertiary/aromatic N) is 2. The number of hydrogen-bond donors (Lipinski definition) is 1. The number of ether oxygens (including phenoxy) is 3. The van der Waals surface area contributed by atoms with Crippen molar-refractivity contribution in [3.8, 4) is 5.75 Å². The molecular weight excluding hydrogens is 390 g/mol. The highest BCUT2D eigenvalue weighted by atomic mass is 16.5. The Morgan fingerprint density at radius 3 is 2.65 bits per heavy atom.